The van der Waals surface area contributed by atoms with Gasteiger partial charge in [0.1, 0.15) is 6.33 Å². The molecule has 0 aliphatic rings. The number of hydrogen-bond acceptors (Lipinski definition) is 5. The fraction of sp³-hybridized carbons (Fsp3) is 0.462. The largest absolute Gasteiger partial charge is 0.385 e. The molecular weight excluding hydrogens is 242 g/mol. The summed E-state index contributed by atoms with van der Waals surface area (Å²) in [5.41, 5.74) is 3.20. The maximum absolute atomic E-state index is 5.08. The molecule has 0 amide bonds. The van der Waals surface area contributed by atoms with E-state index in [2.05, 4.69) is 33.8 Å². The van der Waals surface area contributed by atoms with E-state index in [1.54, 1.807) is 18.1 Å². The zero-order chi connectivity index (χ0) is 13.7. The van der Waals surface area contributed by atoms with Crippen LogP contribution in [0, 0.1) is 6.92 Å². The Morgan fingerprint density at radius 1 is 1.42 bits per heavy atom. The lowest BCUT2D eigenvalue weighted by Crippen LogP contribution is -2.17. The monoisotopic (exact) mass is 261 g/mol. The molecule has 6 heteroatoms. The molecule has 1 aromatic carbocycles. The van der Waals surface area contributed by atoms with E-state index in [4.69, 9.17) is 4.74 Å². The number of rotatable bonds is 6. The maximum atomic E-state index is 5.08. The number of anilines is 1. The smallest absolute Gasteiger partial charge is 0.143 e. The molecule has 19 heavy (non-hydrogen) atoms. The molecule has 2 aromatic rings. The Kier molecular flexibility index (Phi) is 4.46. The average Bonchev–Trinajstić information content (AvgIpc) is 2.90. The summed E-state index contributed by atoms with van der Waals surface area (Å²) in [7, 11) is 1.72. The molecule has 0 radical (unpaired) electrons. The highest BCUT2D eigenvalue weighted by Gasteiger charge is 2.06. The van der Waals surface area contributed by atoms with Crippen LogP contribution in [0.5, 0.6) is 0 Å². The van der Waals surface area contributed by atoms with Crippen molar-refractivity contribution in [2.24, 2.45) is 0 Å². The Morgan fingerprint density at radius 2 is 2.26 bits per heavy atom. The van der Waals surface area contributed by atoms with E-state index >= 15 is 0 Å². The number of methoxy groups -OCH3 is 1. The van der Waals surface area contributed by atoms with Crippen LogP contribution in [0.15, 0.2) is 24.5 Å². The molecule has 0 bridgehead atoms. The molecule has 0 fully saturated rings. The maximum Gasteiger partial charge on any atom is 0.143 e. The lowest BCUT2D eigenvalue weighted by Gasteiger charge is -2.16. The molecule has 0 aliphatic carbocycles. The number of aromatic nitrogens is 4. The number of hydrogen-bond donors (Lipinski definition) is 1. The number of nitrogens with zero attached hydrogens (tertiary/aromatic N) is 4. The molecule has 1 aromatic heterocycles. The second kappa shape index (κ2) is 6.29. The van der Waals surface area contributed by atoms with E-state index in [1.807, 2.05) is 19.1 Å². The van der Waals surface area contributed by atoms with Crippen LogP contribution in [0.4, 0.5) is 5.69 Å². The number of benzene rings is 1. The Labute approximate surface area is 112 Å². The van der Waals surface area contributed by atoms with Crippen molar-refractivity contribution in [2.75, 3.05) is 19.0 Å². The number of nitrogens with one attached hydrogen (secondary N) is 1. The summed E-state index contributed by atoms with van der Waals surface area (Å²) in [6, 6.07) is 6.52. The van der Waals surface area contributed by atoms with Gasteiger partial charge in [-0.05, 0) is 54.5 Å². The third-order valence-corrected chi connectivity index (χ3v) is 2.96. The minimum Gasteiger partial charge on any atom is -0.385 e. The van der Waals surface area contributed by atoms with E-state index < -0.39 is 0 Å². The highest BCUT2D eigenvalue weighted by atomic mass is 16.5. The van der Waals surface area contributed by atoms with Gasteiger partial charge < -0.3 is 10.1 Å². The topological polar surface area (TPSA) is 64.9 Å². The van der Waals surface area contributed by atoms with Crippen molar-refractivity contribution >= 4 is 5.69 Å². The Balaban J connectivity index is 2.07. The summed E-state index contributed by atoms with van der Waals surface area (Å²) < 4.78 is 6.74. The van der Waals surface area contributed by atoms with Crippen LogP contribution in [-0.4, -0.2) is 40.0 Å². The van der Waals surface area contributed by atoms with Gasteiger partial charge in [-0.15, -0.1) is 5.10 Å². The van der Waals surface area contributed by atoms with Gasteiger partial charge in [0.2, 0.25) is 0 Å². The molecule has 102 valence electrons. The lowest BCUT2D eigenvalue weighted by molar-refractivity contribution is 0.191. The van der Waals surface area contributed by atoms with Gasteiger partial charge in [-0.3, -0.25) is 0 Å². The minimum absolute atomic E-state index is 0.373. The van der Waals surface area contributed by atoms with Crippen molar-refractivity contribution in [3.63, 3.8) is 0 Å². The molecule has 0 saturated carbocycles. The van der Waals surface area contributed by atoms with Crippen LogP contribution in [-0.2, 0) is 4.74 Å². The molecule has 1 heterocycles. The first-order valence-electron chi connectivity index (χ1n) is 6.30. The standard InChI is InChI=1S/C13H19N5O/c1-10-8-12(15-11(2)6-7-19-3)4-5-13(10)18-9-14-16-17-18/h4-5,8-9,11,15H,6-7H2,1-3H3. The van der Waals surface area contributed by atoms with Crippen LogP contribution >= 0.6 is 0 Å². The number of tetrazole rings is 1. The van der Waals surface area contributed by atoms with E-state index in [1.165, 1.54) is 0 Å². The first-order chi connectivity index (χ1) is 9.20. The number of aryl methyl sites for hydroxylation is 1. The second-order valence-electron chi connectivity index (χ2n) is 4.58. The predicted molar refractivity (Wildman–Crippen MR) is 73.5 cm³/mol. The fourth-order valence-corrected chi connectivity index (χ4v) is 1.93. The summed E-state index contributed by atoms with van der Waals surface area (Å²) >= 11 is 0. The average molecular weight is 261 g/mol. The van der Waals surface area contributed by atoms with Crippen molar-refractivity contribution in [3.05, 3.63) is 30.1 Å². The van der Waals surface area contributed by atoms with Gasteiger partial charge in [-0.25, -0.2) is 4.68 Å². The Hall–Kier alpha value is -1.95. The van der Waals surface area contributed by atoms with E-state index in [-0.39, 0.29) is 0 Å². The molecule has 2 rings (SSSR count). The molecule has 0 spiro atoms. The quantitative estimate of drug-likeness (QED) is 0.859. The van der Waals surface area contributed by atoms with Crippen LogP contribution in [0.2, 0.25) is 0 Å². The molecule has 1 atom stereocenters. The van der Waals surface area contributed by atoms with E-state index in [9.17, 15) is 0 Å². The van der Waals surface area contributed by atoms with E-state index in [0.29, 0.717) is 6.04 Å². The third kappa shape index (κ3) is 3.51. The predicted octanol–water partition coefficient (Wildman–Crippen LogP) is 1.81. The fourth-order valence-electron chi connectivity index (χ4n) is 1.93. The molecule has 1 unspecified atom stereocenters. The van der Waals surface area contributed by atoms with Crippen molar-refractivity contribution in [3.8, 4) is 5.69 Å². The van der Waals surface area contributed by atoms with Crippen molar-refractivity contribution in [1.29, 1.82) is 0 Å². The zero-order valence-electron chi connectivity index (χ0n) is 11.5. The van der Waals surface area contributed by atoms with Crippen LogP contribution in [0.1, 0.15) is 18.9 Å². The Morgan fingerprint density at radius 3 is 2.89 bits per heavy atom. The van der Waals surface area contributed by atoms with Crippen LogP contribution < -0.4 is 5.32 Å². The highest BCUT2D eigenvalue weighted by molar-refractivity contribution is 5.53. The minimum atomic E-state index is 0.373. The second-order valence-corrected chi connectivity index (χ2v) is 4.58. The summed E-state index contributed by atoms with van der Waals surface area (Å²) in [4.78, 5) is 0. The van der Waals surface area contributed by atoms with Gasteiger partial charge in [0.05, 0.1) is 5.69 Å². The van der Waals surface area contributed by atoms with Gasteiger partial charge >= 0.3 is 0 Å². The lowest BCUT2D eigenvalue weighted by atomic mass is 10.1. The SMILES string of the molecule is COCCC(C)Nc1ccc(-n2cnnn2)c(C)c1. The van der Waals surface area contributed by atoms with Gasteiger partial charge in [-0.2, -0.15) is 0 Å². The first kappa shape index (κ1) is 13.5. The first-order valence-corrected chi connectivity index (χ1v) is 6.30. The normalized spacial score (nSPS) is 12.4. The molecule has 0 saturated heterocycles. The summed E-state index contributed by atoms with van der Waals surface area (Å²) in [6.07, 6.45) is 2.57. The van der Waals surface area contributed by atoms with Gasteiger partial charge in [0.25, 0.3) is 0 Å². The summed E-state index contributed by atoms with van der Waals surface area (Å²) in [5.74, 6) is 0. The summed E-state index contributed by atoms with van der Waals surface area (Å²) in [5, 5.41) is 14.6. The molecule has 6 nitrogen and oxygen atoms in total. The molecule has 1 N–H and O–H groups in total. The molecular formula is C13H19N5O. The van der Waals surface area contributed by atoms with Crippen molar-refractivity contribution in [2.45, 2.75) is 26.3 Å². The number of ether oxygens (including phenoxy) is 1. The highest BCUT2D eigenvalue weighted by Crippen LogP contribution is 2.18. The van der Waals surface area contributed by atoms with Crippen LogP contribution in [0.25, 0.3) is 5.69 Å². The van der Waals surface area contributed by atoms with Gasteiger partial charge in [0.15, 0.2) is 0 Å². The third-order valence-electron chi connectivity index (χ3n) is 2.96. The zero-order valence-corrected chi connectivity index (χ0v) is 11.5. The van der Waals surface area contributed by atoms with Crippen molar-refractivity contribution < 1.29 is 4.74 Å². The van der Waals surface area contributed by atoms with Crippen LogP contribution in [0.3, 0.4) is 0 Å². The van der Waals surface area contributed by atoms with Gasteiger partial charge in [-0.1, -0.05) is 0 Å². The van der Waals surface area contributed by atoms with E-state index in [0.717, 1.165) is 30.0 Å². The molecule has 0 aliphatic heterocycles. The summed E-state index contributed by atoms with van der Waals surface area (Å²) in [6.45, 7) is 4.95. The van der Waals surface area contributed by atoms with Gasteiger partial charge in [0, 0.05) is 25.4 Å². The van der Waals surface area contributed by atoms with Crippen molar-refractivity contribution in [1.82, 2.24) is 20.2 Å². The Bertz CT molecular complexity index is 512.